The standard InChI is InChI=1S/C14H15FN4O2/c1-8-3-4-10(5-12(8)15)9(2)17-14-7-11(19(20)21)6-13(16)18-14/h3-7,9H,1-2H3,(H3,16,17,18). The highest BCUT2D eigenvalue weighted by Crippen LogP contribution is 2.24. The molecular formula is C14H15FN4O2. The van der Waals surface area contributed by atoms with Crippen molar-refractivity contribution in [3.63, 3.8) is 0 Å². The topological polar surface area (TPSA) is 94.1 Å². The molecule has 1 aromatic carbocycles. The second kappa shape index (κ2) is 5.74. The summed E-state index contributed by atoms with van der Waals surface area (Å²) < 4.78 is 13.6. The number of nitrogens with two attached hydrogens (primary N) is 1. The molecule has 3 N–H and O–H groups in total. The molecule has 0 bridgehead atoms. The Labute approximate surface area is 121 Å². The zero-order chi connectivity index (χ0) is 15.6. The van der Waals surface area contributed by atoms with E-state index >= 15 is 0 Å². The highest BCUT2D eigenvalue weighted by molar-refractivity contribution is 5.53. The molecule has 6 nitrogen and oxygen atoms in total. The molecule has 0 saturated heterocycles. The molecule has 2 aromatic rings. The van der Waals surface area contributed by atoms with Crippen LogP contribution in [0.25, 0.3) is 0 Å². The third-order valence-corrected chi connectivity index (χ3v) is 3.10. The summed E-state index contributed by atoms with van der Waals surface area (Å²) in [7, 11) is 0. The van der Waals surface area contributed by atoms with E-state index in [0.29, 0.717) is 11.1 Å². The summed E-state index contributed by atoms with van der Waals surface area (Å²) in [6.07, 6.45) is 0. The van der Waals surface area contributed by atoms with Gasteiger partial charge in [-0.2, -0.15) is 0 Å². The highest BCUT2D eigenvalue weighted by Gasteiger charge is 2.13. The number of hydrogen-bond donors (Lipinski definition) is 2. The van der Waals surface area contributed by atoms with Crippen molar-refractivity contribution in [2.75, 3.05) is 11.1 Å². The SMILES string of the molecule is Cc1ccc(C(C)Nc2cc([N+](=O)[O-])cc(N)n2)cc1F. The van der Waals surface area contributed by atoms with Crippen LogP contribution in [0, 0.1) is 22.9 Å². The van der Waals surface area contributed by atoms with Crippen molar-refractivity contribution < 1.29 is 9.31 Å². The Morgan fingerprint density at radius 2 is 2.10 bits per heavy atom. The van der Waals surface area contributed by atoms with Crippen LogP contribution < -0.4 is 11.1 Å². The maximum absolute atomic E-state index is 13.6. The minimum absolute atomic E-state index is 0.0500. The Hall–Kier alpha value is -2.70. The molecule has 0 amide bonds. The van der Waals surface area contributed by atoms with E-state index in [0.717, 1.165) is 0 Å². The lowest BCUT2D eigenvalue weighted by molar-refractivity contribution is -0.384. The number of pyridine rings is 1. The van der Waals surface area contributed by atoms with Gasteiger partial charge in [-0.05, 0) is 31.0 Å². The summed E-state index contributed by atoms with van der Waals surface area (Å²) in [5.74, 6) is 0.0248. The first-order chi connectivity index (χ1) is 9.86. The number of nitrogen functional groups attached to an aromatic ring is 1. The largest absolute Gasteiger partial charge is 0.383 e. The quantitative estimate of drug-likeness (QED) is 0.666. The summed E-state index contributed by atoms with van der Waals surface area (Å²) in [5.41, 5.74) is 6.67. The second-order valence-electron chi connectivity index (χ2n) is 4.77. The van der Waals surface area contributed by atoms with Gasteiger partial charge in [0.15, 0.2) is 0 Å². The Bertz CT molecular complexity index is 691. The van der Waals surface area contributed by atoms with E-state index in [1.54, 1.807) is 26.0 Å². The summed E-state index contributed by atoms with van der Waals surface area (Å²) in [5, 5.41) is 13.8. The molecule has 7 heteroatoms. The van der Waals surface area contributed by atoms with E-state index in [1.807, 2.05) is 0 Å². The van der Waals surface area contributed by atoms with Crippen molar-refractivity contribution in [2.24, 2.45) is 0 Å². The van der Waals surface area contributed by atoms with Crippen molar-refractivity contribution in [3.05, 3.63) is 57.4 Å². The van der Waals surface area contributed by atoms with Gasteiger partial charge in [-0.15, -0.1) is 0 Å². The number of rotatable bonds is 4. The molecule has 1 atom stereocenters. The van der Waals surface area contributed by atoms with Crippen molar-refractivity contribution in [3.8, 4) is 0 Å². The van der Waals surface area contributed by atoms with Gasteiger partial charge >= 0.3 is 0 Å². The Kier molecular flexibility index (Phi) is 4.02. The highest BCUT2D eigenvalue weighted by atomic mass is 19.1. The molecule has 1 unspecified atom stereocenters. The summed E-state index contributed by atoms with van der Waals surface area (Å²) in [6, 6.07) is 7.09. The van der Waals surface area contributed by atoms with Gasteiger partial charge < -0.3 is 11.1 Å². The van der Waals surface area contributed by atoms with Crippen LogP contribution in [0.2, 0.25) is 0 Å². The van der Waals surface area contributed by atoms with Crippen molar-refractivity contribution in [1.82, 2.24) is 4.98 Å². The minimum Gasteiger partial charge on any atom is -0.383 e. The van der Waals surface area contributed by atoms with Crippen LogP contribution in [0.3, 0.4) is 0 Å². The van der Waals surface area contributed by atoms with Gasteiger partial charge in [0.2, 0.25) is 0 Å². The van der Waals surface area contributed by atoms with Crippen LogP contribution in [0.1, 0.15) is 24.1 Å². The van der Waals surface area contributed by atoms with Gasteiger partial charge in [0.25, 0.3) is 5.69 Å². The predicted octanol–water partition coefficient (Wildman–Crippen LogP) is 3.19. The van der Waals surface area contributed by atoms with Crippen LogP contribution in [-0.2, 0) is 0 Å². The molecule has 1 heterocycles. The summed E-state index contributed by atoms with van der Waals surface area (Å²) in [6.45, 7) is 3.49. The number of halogens is 1. The van der Waals surface area contributed by atoms with E-state index in [9.17, 15) is 14.5 Å². The number of nitrogens with zero attached hydrogens (tertiary/aromatic N) is 2. The van der Waals surface area contributed by atoms with Gasteiger partial charge in [0, 0.05) is 0 Å². The third-order valence-electron chi connectivity index (χ3n) is 3.10. The molecule has 110 valence electrons. The van der Waals surface area contributed by atoms with Crippen LogP contribution in [0.5, 0.6) is 0 Å². The number of nitro groups is 1. The number of benzene rings is 1. The van der Waals surface area contributed by atoms with Crippen LogP contribution in [0.4, 0.5) is 21.7 Å². The lowest BCUT2D eigenvalue weighted by atomic mass is 10.1. The first-order valence-corrected chi connectivity index (χ1v) is 6.31. The average Bonchev–Trinajstić information content (AvgIpc) is 2.41. The minimum atomic E-state index is -0.542. The van der Waals surface area contributed by atoms with Crippen molar-refractivity contribution in [1.29, 1.82) is 0 Å². The molecule has 0 spiro atoms. The second-order valence-corrected chi connectivity index (χ2v) is 4.77. The number of hydrogen-bond acceptors (Lipinski definition) is 5. The van der Waals surface area contributed by atoms with Crippen molar-refractivity contribution >= 4 is 17.3 Å². The van der Waals surface area contributed by atoms with E-state index < -0.39 is 4.92 Å². The third kappa shape index (κ3) is 3.44. The molecule has 0 aliphatic rings. The van der Waals surface area contributed by atoms with Crippen LogP contribution in [0.15, 0.2) is 30.3 Å². The molecule has 2 rings (SSSR count). The average molecular weight is 290 g/mol. The number of aryl methyl sites for hydroxylation is 1. The molecule has 0 fully saturated rings. The number of anilines is 2. The zero-order valence-electron chi connectivity index (χ0n) is 11.6. The Morgan fingerprint density at radius 1 is 1.38 bits per heavy atom. The van der Waals surface area contributed by atoms with E-state index in [1.165, 1.54) is 18.2 Å². The lowest BCUT2D eigenvalue weighted by Gasteiger charge is -2.15. The summed E-state index contributed by atoms with van der Waals surface area (Å²) >= 11 is 0. The van der Waals surface area contributed by atoms with E-state index in [4.69, 9.17) is 5.73 Å². The van der Waals surface area contributed by atoms with Gasteiger partial charge in [-0.25, -0.2) is 9.37 Å². The van der Waals surface area contributed by atoms with Gasteiger partial charge in [0.1, 0.15) is 17.5 Å². The normalized spacial score (nSPS) is 12.0. The Balaban J connectivity index is 2.24. The predicted molar refractivity (Wildman–Crippen MR) is 78.5 cm³/mol. The monoisotopic (exact) mass is 290 g/mol. The van der Waals surface area contributed by atoms with Gasteiger partial charge in [-0.3, -0.25) is 10.1 Å². The maximum atomic E-state index is 13.6. The molecule has 0 saturated carbocycles. The number of nitrogens with one attached hydrogen (secondary N) is 1. The Morgan fingerprint density at radius 3 is 2.71 bits per heavy atom. The molecular weight excluding hydrogens is 275 g/mol. The van der Waals surface area contributed by atoms with Crippen molar-refractivity contribution in [2.45, 2.75) is 19.9 Å². The zero-order valence-corrected chi connectivity index (χ0v) is 11.6. The van der Waals surface area contributed by atoms with Crippen LogP contribution in [-0.4, -0.2) is 9.91 Å². The maximum Gasteiger partial charge on any atom is 0.276 e. The molecule has 0 aliphatic heterocycles. The fourth-order valence-corrected chi connectivity index (χ4v) is 1.90. The molecule has 1 aromatic heterocycles. The van der Waals surface area contributed by atoms with Gasteiger partial charge in [0.05, 0.1) is 23.1 Å². The first kappa shape index (κ1) is 14.7. The smallest absolute Gasteiger partial charge is 0.276 e. The summed E-state index contributed by atoms with van der Waals surface area (Å²) in [4.78, 5) is 14.2. The van der Waals surface area contributed by atoms with Gasteiger partial charge in [-0.1, -0.05) is 12.1 Å². The fourth-order valence-electron chi connectivity index (χ4n) is 1.90. The molecule has 0 aliphatic carbocycles. The van der Waals surface area contributed by atoms with Crippen LogP contribution >= 0.6 is 0 Å². The van der Waals surface area contributed by atoms with E-state index in [2.05, 4.69) is 10.3 Å². The van der Waals surface area contributed by atoms with E-state index in [-0.39, 0.29) is 29.2 Å². The molecule has 21 heavy (non-hydrogen) atoms. The molecule has 0 radical (unpaired) electrons. The number of aromatic nitrogens is 1. The fraction of sp³-hybridized carbons (Fsp3) is 0.214. The first-order valence-electron chi connectivity index (χ1n) is 6.31. The lowest BCUT2D eigenvalue weighted by Crippen LogP contribution is -2.09.